The average Bonchev–Trinajstić information content (AvgIpc) is 2.32. The van der Waals surface area contributed by atoms with Crippen molar-refractivity contribution in [2.75, 3.05) is 18.4 Å². The highest BCUT2D eigenvalue weighted by atomic mass is 16.4. The molecule has 1 aromatic carbocycles. The molecule has 0 fully saturated rings. The molecule has 0 aliphatic rings. The number of benzene rings is 1. The molecule has 0 heterocycles. The van der Waals surface area contributed by atoms with Crippen LogP contribution in [0.1, 0.15) is 15.9 Å². The Balaban J connectivity index is 2.65. The summed E-state index contributed by atoms with van der Waals surface area (Å²) in [5.74, 6) is -1.16. The van der Waals surface area contributed by atoms with E-state index in [1.165, 1.54) is 12.1 Å². The number of carbonyl (C=O) groups excluding carboxylic acids is 1. The lowest BCUT2D eigenvalue weighted by Gasteiger charge is -2.09. The zero-order valence-electron chi connectivity index (χ0n) is 10.2. The van der Waals surface area contributed by atoms with E-state index in [0.717, 1.165) is 0 Å². The van der Waals surface area contributed by atoms with E-state index in [1.54, 1.807) is 19.1 Å². The molecule has 0 saturated carbocycles. The maximum atomic E-state index is 11.5. The van der Waals surface area contributed by atoms with Gasteiger partial charge in [-0.15, -0.1) is 6.58 Å². The maximum absolute atomic E-state index is 11.5. The summed E-state index contributed by atoms with van der Waals surface area (Å²) in [4.78, 5) is 22.3. The van der Waals surface area contributed by atoms with Crippen molar-refractivity contribution in [2.45, 2.75) is 6.92 Å². The molecular weight excluding hydrogens is 232 g/mol. The summed E-state index contributed by atoms with van der Waals surface area (Å²) in [7, 11) is 0. The van der Waals surface area contributed by atoms with Crippen LogP contribution in [0.4, 0.5) is 5.69 Å². The van der Waals surface area contributed by atoms with Crippen molar-refractivity contribution in [1.82, 2.24) is 5.32 Å². The van der Waals surface area contributed by atoms with Crippen molar-refractivity contribution < 1.29 is 14.7 Å². The summed E-state index contributed by atoms with van der Waals surface area (Å²) in [5, 5.41) is 14.4. The van der Waals surface area contributed by atoms with Crippen molar-refractivity contribution in [2.24, 2.45) is 0 Å². The van der Waals surface area contributed by atoms with Gasteiger partial charge in [0.25, 0.3) is 0 Å². The number of aromatic carboxylic acids is 1. The smallest absolute Gasteiger partial charge is 0.335 e. The normalized spacial score (nSPS) is 9.83. The fourth-order valence-electron chi connectivity index (χ4n) is 1.42. The van der Waals surface area contributed by atoms with Crippen LogP contribution in [0.3, 0.4) is 0 Å². The first-order valence-corrected chi connectivity index (χ1v) is 5.50. The minimum Gasteiger partial charge on any atom is -0.478 e. The van der Waals surface area contributed by atoms with Crippen LogP contribution in [0, 0.1) is 6.92 Å². The average molecular weight is 248 g/mol. The number of amides is 1. The molecule has 0 radical (unpaired) electrons. The van der Waals surface area contributed by atoms with Gasteiger partial charge in [0.1, 0.15) is 0 Å². The number of carbonyl (C=O) groups is 2. The van der Waals surface area contributed by atoms with Crippen LogP contribution in [-0.4, -0.2) is 30.1 Å². The van der Waals surface area contributed by atoms with E-state index in [1.807, 2.05) is 0 Å². The summed E-state index contributed by atoms with van der Waals surface area (Å²) in [6.07, 6.45) is 1.67. The van der Waals surface area contributed by atoms with Gasteiger partial charge in [0.15, 0.2) is 0 Å². The zero-order chi connectivity index (χ0) is 13.5. The number of rotatable bonds is 6. The van der Waals surface area contributed by atoms with Crippen LogP contribution in [0.15, 0.2) is 30.9 Å². The molecule has 0 unspecified atom stereocenters. The van der Waals surface area contributed by atoms with Gasteiger partial charge < -0.3 is 15.7 Å². The molecule has 0 bridgehead atoms. The van der Waals surface area contributed by atoms with Crippen LogP contribution in [0.5, 0.6) is 0 Å². The standard InChI is InChI=1S/C13H16N2O3/c1-3-6-14-8-12(16)15-11-5-4-10(13(17)18)7-9(11)2/h3-5,7,14H,1,6,8H2,2H3,(H,15,16)(H,17,18). The van der Waals surface area contributed by atoms with Crippen LogP contribution < -0.4 is 10.6 Å². The highest BCUT2D eigenvalue weighted by Gasteiger charge is 2.07. The van der Waals surface area contributed by atoms with Crippen molar-refractivity contribution in [3.05, 3.63) is 42.0 Å². The van der Waals surface area contributed by atoms with E-state index in [9.17, 15) is 9.59 Å². The topological polar surface area (TPSA) is 78.4 Å². The number of carboxylic acids is 1. The summed E-state index contributed by atoms with van der Waals surface area (Å²) >= 11 is 0. The Morgan fingerprint density at radius 1 is 1.44 bits per heavy atom. The molecule has 0 spiro atoms. The molecule has 0 aliphatic carbocycles. The zero-order valence-corrected chi connectivity index (χ0v) is 10.2. The second kappa shape index (κ2) is 6.56. The number of hydrogen-bond acceptors (Lipinski definition) is 3. The summed E-state index contributed by atoms with van der Waals surface area (Å²) < 4.78 is 0. The lowest BCUT2D eigenvalue weighted by atomic mass is 10.1. The van der Waals surface area contributed by atoms with Crippen molar-refractivity contribution >= 4 is 17.6 Å². The van der Waals surface area contributed by atoms with E-state index >= 15 is 0 Å². The van der Waals surface area contributed by atoms with Crippen LogP contribution >= 0.6 is 0 Å². The van der Waals surface area contributed by atoms with Gasteiger partial charge in [-0.1, -0.05) is 6.08 Å². The minimum absolute atomic E-state index is 0.178. The predicted octanol–water partition coefficient (Wildman–Crippen LogP) is 1.41. The first-order valence-electron chi connectivity index (χ1n) is 5.50. The van der Waals surface area contributed by atoms with Crippen LogP contribution in [0.25, 0.3) is 0 Å². The second-order valence-electron chi connectivity index (χ2n) is 3.80. The first-order chi connectivity index (χ1) is 8.54. The van der Waals surface area contributed by atoms with E-state index < -0.39 is 5.97 Å². The Bertz CT molecular complexity index is 469. The molecule has 0 aromatic heterocycles. The molecule has 1 rings (SSSR count). The second-order valence-corrected chi connectivity index (χ2v) is 3.80. The summed E-state index contributed by atoms with van der Waals surface area (Å²) in [6.45, 7) is 6.03. The lowest BCUT2D eigenvalue weighted by Crippen LogP contribution is -2.28. The van der Waals surface area contributed by atoms with E-state index in [-0.39, 0.29) is 18.0 Å². The fraction of sp³-hybridized carbons (Fsp3) is 0.231. The SMILES string of the molecule is C=CCNCC(=O)Nc1ccc(C(=O)O)cc1C. The highest BCUT2D eigenvalue weighted by molar-refractivity contribution is 5.94. The Morgan fingerprint density at radius 3 is 2.72 bits per heavy atom. The third-order valence-electron chi connectivity index (χ3n) is 2.32. The van der Waals surface area contributed by atoms with Gasteiger partial charge in [0.2, 0.25) is 5.91 Å². The van der Waals surface area contributed by atoms with Gasteiger partial charge in [-0.2, -0.15) is 0 Å². The summed E-state index contributed by atoms with van der Waals surface area (Å²) in [5.41, 5.74) is 1.53. The fourth-order valence-corrected chi connectivity index (χ4v) is 1.42. The molecule has 96 valence electrons. The van der Waals surface area contributed by atoms with Crippen molar-refractivity contribution in [3.8, 4) is 0 Å². The Morgan fingerprint density at radius 2 is 2.17 bits per heavy atom. The molecule has 18 heavy (non-hydrogen) atoms. The number of nitrogens with one attached hydrogen (secondary N) is 2. The number of anilines is 1. The summed E-state index contributed by atoms with van der Waals surface area (Å²) in [6, 6.07) is 4.57. The first kappa shape index (κ1) is 13.9. The molecular formula is C13H16N2O3. The van der Waals surface area contributed by atoms with Gasteiger partial charge in [-0.25, -0.2) is 4.79 Å². The molecule has 0 atom stereocenters. The largest absolute Gasteiger partial charge is 0.478 e. The maximum Gasteiger partial charge on any atom is 0.335 e. The van der Waals surface area contributed by atoms with E-state index in [4.69, 9.17) is 5.11 Å². The molecule has 1 amide bonds. The monoisotopic (exact) mass is 248 g/mol. The molecule has 0 saturated heterocycles. The third kappa shape index (κ3) is 4.03. The van der Waals surface area contributed by atoms with Crippen LogP contribution in [-0.2, 0) is 4.79 Å². The van der Waals surface area contributed by atoms with E-state index in [2.05, 4.69) is 17.2 Å². The molecule has 0 aliphatic heterocycles. The molecule has 5 heteroatoms. The van der Waals surface area contributed by atoms with Gasteiger partial charge in [0.05, 0.1) is 12.1 Å². The minimum atomic E-state index is -0.983. The quantitative estimate of drug-likeness (QED) is 0.525. The molecule has 3 N–H and O–H groups in total. The van der Waals surface area contributed by atoms with Crippen molar-refractivity contribution in [1.29, 1.82) is 0 Å². The van der Waals surface area contributed by atoms with Gasteiger partial charge in [0, 0.05) is 12.2 Å². The van der Waals surface area contributed by atoms with Crippen molar-refractivity contribution in [3.63, 3.8) is 0 Å². The van der Waals surface area contributed by atoms with E-state index in [0.29, 0.717) is 17.8 Å². The predicted molar refractivity (Wildman–Crippen MR) is 69.8 cm³/mol. The highest BCUT2D eigenvalue weighted by Crippen LogP contribution is 2.16. The third-order valence-corrected chi connectivity index (χ3v) is 2.32. The van der Waals surface area contributed by atoms with Gasteiger partial charge in [-0.05, 0) is 30.7 Å². The Hall–Kier alpha value is -2.14. The van der Waals surface area contributed by atoms with Crippen LogP contribution in [0.2, 0.25) is 0 Å². The number of aryl methyl sites for hydroxylation is 1. The Labute approximate surface area is 106 Å². The van der Waals surface area contributed by atoms with Gasteiger partial charge in [-0.3, -0.25) is 4.79 Å². The molecule has 1 aromatic rings. The lowest BCUT2D eigenvalue weighted by molar-refractivity contribution is -0.115. The van der Waals surface area contributed by atoms with Gasteiger partial charge >= 0.3 is 5.97 Å². The molecule has 5 nitrogen and oxygen atoms in total. The number of hydrogen-bond donors (Lipinski definition) is 3. The number of carboxylic acid groups (broad SMARTS) is 1. The Kier molecular flexibility index (Phi) is 5.07.